The van der Waals surface area contributed by atoms with Gasteiger partial charge in [-0.3, -0.25) is 4.79 Å². The van der Waals surface area contributed by atoms with E-state index in [9.17, 15) is 4.79 Å². The zero-order chi connectivity index (χ0) is 19.5. The molecule has 144 valence electrons. The van der Waals surface area contributed by atoms with Gasteiger partial charge in [0.1, 0.15) is 17.5 Å². The molecular weight excluding hydrogens is 352 g/mol. The van der Waals surface area contributed by atoms with Gasteiger partial charge in [-0.25, -0.2) is 4.98 Å². The van der Waals surface area contributed by atoms with Crippen LogP contribution >= 0.6 is 0 Å². The Bertz CT molecular complexity index is 966. The summed E-state index contributed by atoms with van der Waals surface area (Å²) in [6.07, 6.45) is 4.10. The molecule has 7 heteroatoms. The van der Waals surface area contributed by atoms with Crippen molar-refractivity contribution < 1.29 is 4.79 Å². The number of nitrogens with one attached hydrogen (secondary N) is 1. The number of anilines is 1. The molecule has 0 spiro atoms. The van der Waals surface area contributed by atoms with Gasteiger partial charge in [0.25, 0.3) is 5.91 Å². The molecule has 7 nitrogen and oxygen atoms in total. The van der Waals surface area contributed by atoms with Crippen LogP contribution in [0.15, 0.2) is 48.7 Å². The van der Waals surface area contributed by atoms with Gasteiger partial charge in [-0.05, 0) is 24.1 Å². The number of nitrogens with zero attached hydrogens (tertiary/aromatic N) is 5. The highest BCUT2D eigenvalue weighted by Crippen LogP contribution is 2.19. The molecule has 1 aliphatic heterocycles. The van der Waals surface area contributed by atoms with Gasteiger partial charge in [0, 0.05) is 45.7 Å². The molecular formula is C21H24N6O. The summed E-state index contributed by atoms with van der Waals surface area (Å²) in [5, 5.41) is 11.9. The lowest BCUT2D eigenvalue weighted by atomic mass is 10.1. The number of amides is 1. The van der Waals surface area contributed by atoms with Gasteiger partial charge >= 0.3 is 0 Å². The normalized spacial score (nSPS) is 15.7. The average Bonchev–Trinajstić information content (AvgIpc) is 3.11. The molecule has 2 aromatic heterocycles. The lowest BCUT2D eigenvalue weighted by Crippen LogP contribution is -2.41. The Morgan fingerprint density at radius 2 is 2.00 bits per heavy atom. The minimum Gasteiger partial charge on any atom is -0.362 e. The number of hydrogen-bond donors (Lipinski definition) is 1. The second kappa shape index (κ2) is 7.80. The largest absolute Gasteiger partial charge is 0.362 e. The predicted octanol–water partition coefficient (Wildman–Crippen LogP) is 2.07. The van der Waals surface area contributed by atoms with Crippen LogP contribution in [-0.2, 0) is 19.4 Å². The van der Waals surface area contributed by atoms with Crippen molar-refractivity contribution >= 4 is 11.7 Å². The van der Waals surface area contributed by atoms with Crippen molar-refractivity contribution in [1.82, 2.24) is 25.1 Å². The van der Waals surface area contributed by atoms with Crippen LogP contribution in [-0.4, -0.2) is 45.8 Å². The first kappa shape index (κ1) is 18.2. The minimum absolute atomic E-state index is 0.0424. The van der Waals surface area contributed by atoms with Gasteiger partial charge in [0.15, 0.2) is 0 Å². The van der Waals surface area contributed by atoms with Crippen LogP contribution in [0.2, 0.25) is 0 Å². The Labute approximate surface area is 164 Å². The molecule has 1 aromatic carbocycles. The third kappa shape index (κ3) is 3.74. The van der Waals surface area contributed by atoms with Crippen molar-refractivity contribution in [1.29, 1.82) is 0 Å². The van der Waals surface area contributed by atoms with Crippen LogP contribution < -0.4 is 10.2 Å². The second-order valence-electron chi connectivity index (χ2n) is 7.28. The maximum Gasteiger partial charge on any atom is 0.255 e. The zero-order valence-electron chi connectivity index (χ0n) is 16.2. The number of aryl methyl sites for hydroxylation is 1. The number of pyridine rings is 1. The Hall–Kier alpha value is -3.22. The van der Waals surface area contributed by atoms with Crippen molar-refractivity contribution in [3.8, 4) is 0 Å². The standard InChI is InChI=1S/C21H24N6O/c1-26(2)20-17(9-6-12-22-20)21(28)23-16-10-11-18-24-25-19(27(18)14-16)13-15-7-4-3-5-8-15/h3-9,12,16H,10-11,13-14H2,1-2H3,(H,23,28)/t16-/m1/s1. The van der Waals surface area contributed by atoms with E-state index < -0.39 is 0 Å². The highest BCUT2D eigenvalue weighted by Gasteiger charge is 2.25. The van der Waals surface area contributed by atoms with Crippen LogP contribution in [0, 0.1) is 0 Å². The van der Waals surface area contributed by atoms with Crippen molar-refractivity contribution in [3.05, 3.63) is 71.4 Å². The highest BCUT2D eigenvalue weighted by atomic mass is 16.1. The third-order valence-electron chi connectivity index (χ3n) is 5.02. The predicted molar refractivity (Wildman–Crippen MR) is 107 cm³/mol. The number of benzene rings is 1. The maximum absolute atomic E-state index is 12.8. The fourth-order valence-corrected chi connectivity index (χ4v) is 3.60. The Kier molecular flexibility index (Phi) is 5.06. The lowest BCUT2D eigenvalue weighted by Gasteiger charge is -2.26. The molecule has 28 heavy (non-hydrogen) atoms. The van der Waals surface area contributed by atoms with E-state index in [-0.39, 0.29) is 11.9 Å². The molecule has 3 heterocycles. The monoisotopic (exact) mass is 376 g/mol. The van der Waals surface area contributed by atoms with Gasteiger partial charge in [0.05, 0.1) is 5.56 Å². The summed E-state index contributed by atoms with van der Waals surface area (Å²) in [5.41, 5.74) is 1.79. The molecule has 0 unspecified atom stereocenters. The first-order valence-corrected chi connectivity index (χ1v) is 9.50. The van der Waals surface area contributed by atoms with E-state index in [2.05, 4.69) is 37.2 Å². The van der Waals surface area contributed by atoms with Gasteiger partial charge < -0.3 is 14.8 Å². The van der Waals surface area contributed by atoms with E-state index >= 15 is 0 Å². The molecule has 0 saturated carbocycles. The van der Waals surface area contributed by atoms with E-state index in [0.29, 0.717) is 17.9 Å². The van der Waals surface area contributed by atoms with Crippen molar-refractivity contribution in [2.24, 2.45) is 0 Å². The lowest BCUT2D eigenvalue weighted by molar-refractivity contribution is 0.0927. The van der Waals surface area contributed by atoms with Crippen molar-refractivity contribution in [3.63, 3.8) is 0 Å². The summed E-state index contributed by atoms with van der Waals surface area (Å²) in [4.78, 5) is 19.0. The number of rotatable bonds is 5. The first-order valence-electron chi connectivity index (χ1n) is 9.50. The Balaban J connectivity index is 1.49. The van der Waals surface area contributed by atoms with Crippen LogP contribution in [0.3, 0.4) is 0 Å². The zero-order valence-corrected chi connectivity index (χ0v) is 16.2. The number of carbonyl (C=O) groups is 1. The Morgan fingerprint density at radius 1 is 1.18 bits per heavy atom. The van der Waals surface area contributed by atoms with Gasteiger partial charge in [-0.1, -0.05) is 30.3 Å². The molecule has 1 N–H and O–H groups in total. The van der Waals surface area contributed by atoms with Crippen molar-refractivity contribution in [2.45, 2.75) is 31.8 Å². The molecule has 0 bridgehead atoms. The topological polar surface area (TPSA) is 75.9 Å². The molecule has 1 aliphatic rings. The minimum atomic E-state index is -0.0945. The highest BCUT2D eigenvalue weighted by molar-refractivity contribution is 5.99. The van der Waals surface area contributed by atoms with Crippen LogP contribution in [0.4, 0.5) is 5.82 Å². The number of aromatic nitrogens is 4. The molecule has 0 radical (unpaired) electrons. The van der Waals surface area contributed by atoms with E-state index in [4.69, 9.17) is 0 Å². The summed E-state index contributed by atoms with van der Waals surface area (Å²) in [6.45, 7) is 0.688. The Morgan fingerprint density at radius 3 is 2.79 bits per heavy atom. The SMILES string of the molecule is CN(C)c1ncccc1C(=O)N[C@@H]1CCc2nnc(Cc3ccccc3)n2C1. The van der Waals surface area contributed by atoms with E-state index in [1.807, 2.05) is 43.3 Å². The third-order valence-corrected chi connectivity index (χ3v) is 5.02. The number of fused-ring (bicyclic) bond motifs is 1. The molecule has 0 fully saturated rings. The van der Waals surface area contributed by atoms with E-state index in [1.54, 1.807) is 12.3 Å². The fraction of sp³-hybridized carbons (Fsp3) is 0.333. The average molecular weight is 376 g/mol. The molecule has 0 aliphatic carbocycles. The smallest absolute Gasteiger partial charge is 0.255 e. The molecule has 4 rings (SSSR count). The van der Waals surface area contributed by atoms with Crippen LogP contribution in [0.25, 0.3) is 0 Å². The van der Waals surface area contributed by atoms with Crippen LogP contribution in [0.5, 0.6) is 0 Å². The maximum atomic E-state index is 12.8. The quantitative estimate of drug-likeness (QED) is 0.738. The number of hydrogen-bond acceptors (Lipinski definition) is 5. The van der Waals surface area contributed by atoms with E-state index in [1.165, 1.54) is 5.56 Å². The number of carbonyl (C=O) groups excluding carboxylic acids is 1. The van der Waals surface area contributed by atoms with Crippen molar-refractivity contribution in [2.75, 3.05) is 19.0 Å². The summed E-state index contributed by atoms with van der Waals surface area (Å²) in [5.74, 6) is 2.51. The summed E-state index contributed by atoms with van der Waals surface area (Å²) in [6, 6.07) is 13.9. The fourth-order valence-electron chi connectivity index (χ4n) is 3.60. The molecule has 1 amide bonds. The van der Waals surface area contributed by atoms with Gasteiger partial charge in [-0.2, -0.15) is 0 Å². The van der Waals surface area contributed by atoms with Gasteiger partial charge in [0.2, 0.25) is 0 Å². The molecule has 3 aromatic rings. The summed E-state index contributed by atoms with van der Waals surface area (Å²) < 4.78 is 2.15. The summed E-state index contributed by atoms with van der Waals surface area (Å²) >= 11 is 0. The second-order valence-corrected chi connectivity index (χ2v) is 7.28. The molecule has 1 atom stereocenters. The first-order chi connectivity index (χ1) is 13.6. The van der Waals surface area contributed by atoms with Crippen LogP contribution in [0.1, 0.15) is 34.0 Å². The van der Waals surface area contributed by atoms with Gasteiger partial charge in [-0.15, -0.1) is 10.2 Å². The van der Waals surface area contributed by atoms with E-state index in [0.717, 1.165) is 30.9 Å². The summed E-state index contributed by atoms with van der Waals surface area (Å²) in [7, 11) is 3.78. The molecule has 0 saturated heterocycles.